The summed E-state index contributed by atoms with van der Waals surface area (Å²) in [6.07, 6.45) is 6.93. The van der Waals surface area contributed by atoms with E-state index in [-0.39, 0.29) is 5.56 Å². The van der Waals surface area contributed by atoms with Crippen LogP contribution in [-0.4, -0.2) is 27.5 Å². The number of nitrogens with one attached hydrogen (secondary N) is 1. The van der Waals surface area contributed by atoms with Gasteiger partial charge in [0.25, 0.3) is 5.56 Å². The minimum Gasteiger partial charge on any atom is -0.292 e. The molecule has 0 atom stereocenters. The number of aryl methyl sites for hydroxylation is 1. The van der Waals surface area contributed by atoms with Gasteiger partial charge in [0.05, 0.1) is 15.8 Å². The number of H-pyrrole nitrogens is 1. The summed E-state index contributed by atoms with van der Waals surface area (Å²) < 4.78 is 2.63. The second kappa shape index (κ2) is 8.25. The van der Waals surface area contributed by atoms with Gasteiger partial charge in [-0.3, -0.25) is 14.9 Å². The van der Waals surface area contributed by atoms with Crippen LogP contribution in [-0.2, 0) is 6.42 Å². The third-order valence-corrected chi connectivity index (χ3v) is 5.11. The molecule has 1 aromatic carbocycles. The first kappa shape index (κ1) is 17.6. The highest BCUT2D eigenvalue weighted by molar-refractivity contribution is 7.20. The summed E-state index contributed by atoms with van der Waals surface area (Å²) in [6.45, 7) is 5.05. The van der Waals surface area contributed by atoms with Gasteiger partial charge in [-0.05, 0) is 25.0 Å². The van der Waals surface area contributed by atoms with Gasteiger partial charge in [-0.15, -0.1) is 0 Å². The van der Waals surface area contributed by atoms with Gasteiger partial charge in [-0.1, -0.05) is 56.6 Å². The van der Waals surface area contributed by atoms with Gasteiger partial charge in [0.1, 0.15) is 0 Å². The topological polar surface area (TPSA) is 63.0 Å². The predicted octanol–water partition coefficient (Wildman–Crippen LogP) is 4.34. The van der Waals surface area contributed by atoms with Crippen LogP contribution < -0.4 is 5.56 Å². The smallest absolute Gasteiger partial charge is 0.282 e. The molecule has 0 spiro atoms. The lowest BCUT2D eigenvalue weighted by molar-refractivity contribution is 0.729. The van der Waals surface area contributed by atoms with Gasteiger partial charge >= 0.3 is 0 Å². The largest absolute Gasteiger partial charge is 0.292 e. The summed E-state index contributed by atoms with van der Waals surface area (Å²) in [4.78, 5) is 21.9. The highest BCUT2D eigenvalue weighted by Gasteiger charge is 2.15. The van der Waals surface area contributed by atoms with E-state index in [1.165, 1.54) is 24.2 Å². The maximum absolute atomic E-state index is 12.9. The Morgan fingerprint density at radius 2 is 2.08 bits per heavy atom. The highest BCUT2D eigenvalue weighted by Crippen LogP contribution is 2.23. The van der Waals surface area contributed by atoms with Crippen LogP contribution in [0, 0.1) is 0 Å². The molecule has 1 N–H and O–H groups in total. The predicted molar refractivity (Wildman–Crippen MR) is 106 cm³/mol. The van der Waals surface area contributed by atoms with Crippen molar-refractivity contribution in [3.05, 3.63) is 45.9 Å². The van der Waals surface area contributed by atoms with Crippen LogP contribution in [0.25, 0.3) is 15.3 Å². The number of nitrogens with zero attached hydrogens (tertiary/aromatic N) is 3. The molecule has 6 heteroatoms. The van der Waals surface area contributed by atoms with Crippen molar-refractivity contribution in [1.29, 1.82) is 0 Å². The van der Waals surface area contributed by atoms with Crippen LogP contribution in [0.1, 0.15) is 50.8 Å². The van der Waals surface area contributed by atoms with E-state index in [9.17, 15) is 4.79 Å². The van der Waals surface area contributed by atoms with E-state index >= 15 is 0 Å². The summed E-state index contributed by atoms with van der Waals surface area (Å²) >= 11 is 1.52. The Balaban J connectivity index is 1.94. The van der Waals surface area contributed by atoms with Crippen molar-refractivity contribution in [3.8, 4) is 5.13 Å². The number of aliphatic imine (C=N–C) groups is 1. The van der Waals surface area contributed by atoms with Crippen LogP contribution in [0.2, 0.25) is 0 Å². The van der Waals surface area contributed by atoms with Crippen LogP contribution >= 0.6 is 11.3 Å². The summed E-state index contributed by atoms with van der Waals surface area (Å²) in [6, 6.07) is 7.93. The van der Waals surface area contributed by atoms with E-state index in [1.54, 1.807) is 10.9 Å². The zero-order valence-corrected chi connectivity index (χ0v) is 15.6. The van der Waals surface area contributed by atoms with E-state index in [0.717, 1.165) is 41.7 Å². The van der Waals surface area contributed by atoms with Crippen LogP contribution in [0.4, 0.5) is 0 Å². The molecule has 0 saturated heterocycles. The van der Waals surface area contributed by atoms with Crippen molar-refractivity contribution in [3.63, 3.8) is 0 Å². The van der Waals surface area contributed by atoms with Crippen molar-refractivity contribution in [1.82, 2.24) is 14.8 Å². The monoisotopic (exact) mass is 356 g/mol. The van der Waals surface area contributed by atoms with Gasteiger partial charge in [-0.25, -0.2) is 4.98 Å². The maximum atomic E-state index is 12.9. The third-order valence-electron chi connectivity index (χ3n) is 4.09. The molecule has 0 aliphatic rings. The second-order valence-electron chi connectivity index (χ2n) is 6.10. The molecule has 2 heterocycles. The van der Waals surface area contributed by atoms with Crippen molar-refractivity contribution in [2.24, 2.45) is 4.99 Å². The minimum absolute atomic E-state index is 0.0678. The van der Waals surface area contributed by atoms with E-state index < -0.39 is 0 Å². The molecular weight excluding hydrogens is 332 g/mol. The first-order chi connectivity index (χ1) is 12.2. The zero-order valence-electron chi connectivity index (χ0n) is 14.8. The van der Waals surface area contributed by atoms with E-state index in [1.807, 2.05) is 24.3 Å². The Hall–Kier alpha value is -2.21. The molecular formula is C19H24N4OS. The number of thiazole rings is 1. The normalized spacial score (nSPS) is 11.8. The molecule has 3 rings (SSSR count). The molecule has 0 aliphatic carbocycles. The average Bonchev–Trinajstić information content (AvgIpc) is 3.17. The molecule has 0 bridgehead atoms. The average molecular weight is 356 g/mol. The van der Waals surface area contributed by atoms with E-state index in [2.05, 4.69) is 28.9 Å². The second-order valence-corrected chi connectivity index (χ2v) is 7.11. The SMILES string of the molecule is CCCCCN=Cc1c(CCC)[nH]n(-c2nc3ccccc3s2)c1=O. The number of para-hydroxylation sites is 1. The van der Waals surface area contributed by atoms with Gasteiger partial charge < -0.3 is 0 Å². The minimum atomic E-state index is -0.0678. The number of unbranched alkanes of at least 4 members (excludes halogenated alkanes) is 2. The Morgan fingerprint density at radius 3 is 2.84 bits per heavy atom. The van der Waals surface area contributed by atoms with Crippen LogP contribution in [0.3, 0.4) is 0 Å². The Labute approximate surface area is 151 Å². The Bertz CT molecular complexity index is 886. The summed E-state index contributed by atoms with van der Waals surface area (Å²) in [5.41, 5.74) is 2.45. The fourth-order valence-corrected chi connectivity index (χ4v) is 3.69. The lowest BCUT2D eigenvalue weighted by Crippen LogP contribution is -2.17. The van der Waals surface area contributed by atoms with Crippen molar-refractivity contribution < 1.29 is 0 Å². The third kappa shape index (κ3) is 3.90. The molecule has 0 fully saturated rings. The molecule has 0 aliphatic heterocycles. The molecule has 0 saturated carbocycles. The first-order valence-corrected chi connectivity index (χ1v) is 9.76. The summed E-state index contributed by atoms with van der Waals surface area (Å²) in [5, 5.41) is 3.92. The molecule has 132 valence electrons. The Morgan fingerprint density at radius 1 is 1.24 bits per heavy atom. The maximum Gasteiger partial charge on any atom is 0.282 e. The molecule has 0 unspecified atom stereocenters. The summed E-state index contributed by atoms with van der Waals surface area (Å²) in [7, 11) is 0. The Kier molecular flexibility index (Phi) is 5.81. The highest BCUT2D eigenvalue weighted by atomic mass is 32.1. The van der Waals surface area contributed by atoms with Gasteiger partial charge in [0.2, 0.25) is 5.13 Å². The fourth-order valence-electron chi connectivity index (χ4n) is 2.77. The number of rotatable bonds is 8. The number of fused-ring (bicyclic) bond motifs is 1. The standard InChI is InChI=1S/C19H24N4OS/c1-3-5-8-12-20-13-14-15(9-4-2)22-23(18(14)24)19-21-16-10-6-7-11-17(16)25-19/h6-7,10-11,13,22H,3-5,8-9,12H2,1-2H3. The molecule has 3 aromatic rings. The molecule has 25 heavy (non-hydrogen) atoms. The van der Waals surface area contributed by atoms with Gasteiger partial charge in [0.15, 0.2) is 0 Å². The number of hydrogen-bond acceptors (Lipinski definition) is 4. The number of aromatic amines is 1. The molecule has 0 radical (unpaired) electrons. The number of benzene rings is 1. The van der Waals surface area contributed by atoms with E-state index in [4.69, 9.17) is 0 Å². The summed E-state index contributed by atoms with van der Waals surface area (Å²) in [5.74, 6) is 0. The van der Waals surface area contributed by atoms with Crippen molar-refractivity contribution >= 4 is 27.8 Å². The number of hydrogen-bond donors (Lipinski definition) is 1. The molecule has 2 aromatic heterocycles. The first-order valence-electron chi connectivity index (χ1n) is 8.94. The zero-order chi connectivity index (χ0) is 17.6. The molecule has 5 nitrogen and oxygen atoms in total. The van der Waals surface area contributed by atoms with Crippen LogP contribution in [0.5, 0.6) is 0 Å². The van der Waals surface area contributed by atoms with Crippen molar-refractivity contribution in [2.45, 2.75) is 46.0 Å². The van der Waals surface area contributed by atoms with Crippen LogP contribution in [0.15, 0.2) is 34.1 Å². The van der Waals surface area contributed by atoms with Gasteiger partial charge in [0, 0.05) is 18.5 Å². The quantitative estimate of drug-likeness (QED) is 0.482. The van der Waals surface area contributed by atoms with E-state index in [0.29, 0.717) is 10.7 Å². The fraction of sp³-hybridized carbons (Fsp3) is 0.421. The number of aromatic nitrogens is 3. The van der Waals surface area contributed by atoms with Crippen molar-refractivity contribution in [2.75, 3.05) is 6.54 Å². The lowest BCUT2D eigenvalue weighted by Gasteiger charge is -1.96. The molecule has 0 amide bonds. The van der Waals surface area contributed by atoms with Gasteiger partial charge in [-0.2, -0.15) is 4.68 Å². The lowest BCUT2D eigenvalue weighted by atomic mass is 10.2.